The van der Waals surface area contributed by atoms with E-state index in [2.05, 4.69) is 9.36 Å². The molecule has 7 heteroatoms. The van der Waals surface area contributed by atoms with Crippen molar-refractivity contribution < 1.29 is 8.78 Å². The number of rotatable bonds is 5. The highest BCUT2D eigenvalue weighted by molar-refractivity contribution is 7.09. The zero-order valence-corrected chi connectivity index (χ0v) is 11.1. The molecule has 0 aliphatic rings. The summed E-state index contributed by atoms with van der Waals surface area (Å²) in [6, 6.07) is 0. The summed E-state index contributed by atoms with van der Waals surface area (Å²) >= 11 is 1.14. The van der Waals surface area contributed by atoms with Crippen molar-refractivity contribution in [1.82, 2.24) is 9.36 Å². The molecule has 0 saturated carbocycles. The Kier molecular flexibility index (Phi) is 4.76. The molecule has 0 aromatic carbocycles. The van der Waals surface area contributed by atoms with Crippen LogP contribution < -0.4 is 10.6 Å². The molecule has 0 spiro atoms. The Morgan fingerprint density at radius 3 is 2.47 bits per heavy atom. The van der Waals surface area contributed by atoms with Crippen molar-refractivity contribution in [2.24, 2.45) is 5.73 Å². The van der Waals surface area contributed by atoms with E-state index in [9.17, 15) is 8.78 Å². The zero-order chi connectivity index (χ0) is 13.1. The van der Waals surface area contributed by atoms with Gasteiger partial charge in [0.2, 0.25) is 5.13 Å². The van der Waals surface area contributed by atoms with E-state index in [0.29, 0.717) is 24.0 Å². The third kappa shape index (κ3) is 4.16. The zero-order valence-electron chi connectivity index (χ0n) is 10.3. The molecule has 98 valence electrons. The van der Waals surface area contributed by atoms with Crippen molar-refractivity contribution in [2.45, 2.75) is 32.6 Å². The van der Waals surface area contributed by atoms with E-state index in [-0.39, 0.29) is 12.0 Å². The van der Waals surface area contributed by atoms with Crippen molar-refractivity contribution in [2.75, 3.05) is 24.5 Å². The van der Waals surface area contributed by atoms with E-state index >= 15 is 0 Å². The van der Waals surface area contributed by atoms with Gasteiger partial charge in [0.15, 0.2) is 0 Å². The maximum atomic E-state index is 12.4. The Hall–Kier alpha value is -0.820. The topological polar surface area (TPSA) is 55.0 Å². The molecule has 4 nitrogen and oxygen atoms in total. The first-order valence-electron chi connectivity index (χ1n) is 5.42. The number of hydrogen-bond acceptors (Lipinski definition) is 5. The van der Waals surface area contributed by atoms with Crippen molar-refractivity contribution in [3.8, 4) is 0 Å². The molecular weight excluding hydrogens is 246 g/mol. The normalized spacial score (nSPS) is 12.2. The van der Waals surface area contributed by atoms with Gasteiger partial charge in [-0.3, -0.25) is 0 Å². The standard InChI is InChI=1S/C10H18F2N4S/c1-10(2,3)8-14-9(17-15-8)16(5-4-13)6-7(11)12/h7H,4-6,13H2,1-3H3. The summed E-state index contributed by atoms with van der Waals surface area (Å²) in [6.45, 7) is 6.29. The maximum absolute atomic E-state index is 12.4. The van der Waals surface area contributed by atoms with Gasteiger partial charge < -0.3 is 10.6 Å². The lowest BCUT2D eigenvalue weighted by molar-refractivity contribution is 0.155. The van der Waals surface area contributed by atoms with Crippen LogP contribution >= 0.6 is 11.5 Å². The van der Waals surface area contributed by atoms with Gasteiger partial charge in [0, 0.05) is 30.0 Å². The first-order valence-corrected chi connectivity index (χ1v) is 6.19. The minimum Gasteiger partial charge on any atom is -0.340 e. The Bertz CT molecular complexity index is 348. The lowest BCUT2D eigenvalue weighted by atomic mass is 9.96. The molecule has 0 amide bonds. The largest absolute Gasteiger partial charge is 0.340 e. The van der Waals surface area contributed by atoms with E-state index in [4.69, 9.17) is 5.73 Å². The number of nitrogens with zero attached hydrogens (tertiary/aromatic N) is 3. The second-order valence-corrected chi connectivity index (χ2v) is 5.51. The highest BCUT2D eigenvalue weighted by atomic mass is 32.1. The molecule has 1 aromatic rings. The third-order valence-electron chi connectivity index (χ3n) is 2.11. The van der Waals surface area contributed by atoms with Crippen molar-refractivity contribution in [1.29, 1.82) is 0 Å². The second-order valence-electron chi connectivity index (χ2n) is 4.78. The van der Waals surface area contributed by atoms with Crippen LogP contribution in [0.25, 0.3) is 0 Å². The smallest absolute Gasteiger partial charge is 0.255 e. The molecule has 1 heterocycles. The summed E-state index contributed by atoms with van der Waals surface area (Å²) in [5, 5.41) is 0.515. The summed E-state index contributed by atoms with van der Waals surface area (Å²) in [4.78, 5) is 5.78. The molecule has 0 fully saturated rings. The SMILES string of the molecule is CC(C)(C)c1nsc(N(CCN)CC(F)F)n1. The van der Waals surface area contributed by atoms with Gasteiger partial charge in [-0.25, -0.2) is 13.8 Å². The van der Waals surface area contributed by atoms with Gasteiger partial charge in [-0.15, -0.1) is 0 Å². The Morgan fingerprint density at radius 2 is 2.06 bits per heavy atom. The van der Waals surface area contributed by atoms with Crippen LogP contribution in [0.15, 0.2) is 0 Å². The Balaban J connectivity index is 2.84. The lowest BCUT2D eigenvalue weighted by Crippen LogP contribution is -2.33. The minimum atomic E-state index is -2.40. The van der Waals surface area contributed by atoms with E-state index < -0.39 is 6.43 Å². The number of aromatic nitrogens is 2. The second kappa shape index (κ2) is 5.68. The molecule has 1 aromatic heterocycles. The van der Waals surface area contributed by atoms with Crippen LogP contribution in [0.2, 0.25) is 0 Å². The fourth-order valence-electron chi connectivity index (χ4n) is 1.24. The molecule has 0 unspecified atom stereocenters. The summed E-state index contributed by atoms with van der Waals surface area (Å²) < 4.78 is 29.0. The predicted octanol–water partition coefficient (Wildman–Crippen LogP) is 1.87. The quantitative estimate of drug-likeness (QED) is 0.882. The Labute approximate surface area is 104 Å². The maximum Gasteiger partial charge on any atom is 0.255 e. The van der Waals surface area contributed by atoms with Crippen molar-refractivity contribution in [3.63, 3.8) is 0 Å². The number of alkyl halides is 2. The average Bonchev–Trinajstić information content (AvgIpc) is 2.64. The third-order valence-corrected chi connectivity index (χ3v) is 2.89. The van der Waals surface area contributed by atoms with E-state index in [1.165, 1.54) is 4.90 Å². The lowest BCUT2D eigenvalue weighted by Gasteiger charge is -2.20. The number of anilines is 1. The average molecular weight is 264 g/mol. The van der Waals surface area contributed by atoms with E-state index in [0.717, 1.165) is 11.5 Å². The number of halogens is 2. The van der Waals surface area contributed by atoms with Crippen LogP contribution in [0.4, 0.5) is 13.9 Å². The first-order chi connectivity index (χ1) is 7.84. The molecule has 1 rings (SSSR count). The summed E-state index contributed by atoms with van der Waals surface area (Å²) in [6.07, 6.45) is -2.40. The van der Waals surface area contributed by atoms with Gasteiger partial charge >= 0.3 is 0 Å². The molecule has 0 radical (unpaired) electrons. The highest BCUT2D eigenvalue weighted by Crippen LogP contribution is 2.25. The predicted molar refractivity (Wildman–Crippen MR) is 65.9 cm³/mol. The fraction of sp³-hybridized carbons (Fsp3) is 0.800. The van der Waals surface area contributed by atoms with Crippen LogP contribution in [0, 0.1) is 0 Å². The van der Waals surface area contributed by atoms with Crippen LogP contribution in [0.1, 0.15) is 26.6 Å². The number of hydrogen-bond donors (Lipinski definition) is 1. The van der Waals surface area contributed by atoms with Gasteiger partial charge in [-0.2, -0.15) is 4.37 Å². The summed E-state index contributed by atoms with van der Waals surface area (Å²) in [5.41, 5.74) is 5.23. The number of nitrogens with two attached hydrogens (primary N) is 1. The van der Waals surface area contributed by atoms with Crippen LogP contribution in [0.3, 0.4) is 0 Å². The van der Waals surface area contributed by atoms with Crippen molar-refractivity contribution >= 4 is 16.7 Å². The van der Waals surface area contributed by atoms with Gasteiger partial charge in [0.05, 0.1) is 6.54 Å². The monoisotopic (exact) mass is 264 g/mol. The minimum absolute atomic E-state index is 0.173. The van der Waals surface area contributed by atoms with Gasteiger partial charge in [0.25, 0.3) is 6.43 Å². The van der Waals surface area contributed by atoms with E-state index in [1.54, 1.807) is 0 Å². The van der Waals surface area contributed by atoms with Crippen molar-refractivity contribution in [3.05, 3.63) is 5.82 Å². The molecule has 0 atom stereocenters. The van der Waals surface area contributed by atoms with Crippen LogP contribution in [-0.4, -0.2) is 35.4 Å². The first kappa shape index (κ1) is 14.2. The van der Waals surface area contributed by atoms with Gasteiger partial charge in [0.1, 0.15) is 5.82 Å². The van der Waals surface area contributed by atoms with Crippen LogP contribution in [0.5, 0.6) is 0 Å². The molecule has 17 heavy (non-hydrogen) atoms. The summed E-state index contributed by atoms with van der Waals surface area (Å²) in [7, 11) is 0. The molecular formula is C10H18F2N4S. The molecule has 0 aliphatic heterocycles. The van der Waals surface area contributed by atoms with Crippen LogP contribution in [-0.2, 0) is 5.41 Å². The van der Waals surface area contributed by atoms with E-state index in [1.807, 2.05) is 20.8 Å². The fourth-order valence-corrected chi connectivity index (χ4v) is 2.13. The molecule has 0 saturated heterocycles. The highest BCUT2D eigenvalue weighted by Gasteiger charge is 2.22. The molecule has 0 bridgehead atoms. The molecule has 0 aliphatic carbocycles. The van der Waals surface area contributed by atoms with Gasteiger partial charge in [-0.05, 0) is 0 Å². The molecule has 2 N–H and O–H groups in total. The van der Waals surface area contributed by atoms with Gasteiger partial charge in [-0.1, -0.05) is 20.8 Å². The Morgan fingerprint density at radius 1 is 1.41 bits per heavy atom. The summed E-state index contributed by atoms with van der Waals surface area (Å²) in [5.74, 6) is 0.675.